The Balaban J connectivity index is 2.31. The summed E-state index contributed by atoms with van der Waals surface area (Å²) in [5.41, 5.74) is 1.60. The third kappa shape index (κ3) is 2.44. The molecule has 1 aliphatic heterocycles. The average Bonchev–Trinajstić information content (AvgIpc) is 1.84. The SMILES string of the molecule is CC1C(CC(C)(C)C)CP1C. The van der Waals surface area contributed by atoms with Crippen molar-refractivity contribution < 1.29 is 0 Å². The van der Waals surface area contributed by atoms with Gasteiger partial charge in [0.15, 0.2) is 0 Å². The predicted molar refractivity (Wildman–Crippen MR) is 54.7 cm³/mol. The molecule has 3 unspecified atom stereocenters. The number of hydrogen-bond donors (Lipinski definition) is 0. The molecule has 1 heterocycles. The van der Waals surface area contributed by atoms with Gasteiger partial charge >= 0.3 is 0 Å². The van der Waals surface area contributed by atoms with Gasteiger partial charge in [0.25, 0.3) is 0 Å². The fraction of sp³-hybridized carbons (Fsp3) is 1.00. The van der Waals surface area contributed by atoms with Gasteiger partial charge in [-0.2, -0.15) is 0 Å². The fourth-order valence-corrected chi connectivity index (χ4v) is 3.99. The molecule has 0 nitrogen and oxygen atoms in total. The normalized spacial score (nSPS) is 38.5. The lowest BCUT2D eigenvalue weighted by molar-refractivity contribution is 0.295. The molecular formula is C10H21P. The molecule has 0 N–H and O–H groups in total. The molecule has 0 bridgehead atoms. The molecule has 3 atom stereocenters. The lowest BCUT2D eigenvalue weighted by Gasteiger charge is -2.44. The lowest BCUT2D eigenvalue weighted by atomic mass is 9.84. The van der Waals surface area contributed by atoms with Crippen molar-refractivity contribution in [3.63, 3.8) is 0 Å². The maximum absolute atomic E-state index is 2.44. The summed E-state index contributed by atoms with van der Waals surface area (Å²) in [7, 11) is 0.429. The van der Waals surface area contributed by atoms with Gasteiger partial charge < -0.3 is 0 Å². The van der Waals surface area contributed by atoms with Crippen LogP contribution in [0.2, 0.25) is 0 Å². The molecule has 66 valence electrons. The van der Waals surface area contributed by atoms with Crippen LogP contribution in [0, 0.1) is 11.3 Å². The third-order valence-electron chi connectivity index (χ3n) is 2.77. The van der Waals surface area contributed by atoms with E-state index in [4.69, 9.17) is 0 Å². The Morgan fingerprint density at radius 1 is 1.36 bits per heavy atom. The Morgan fingerprint density at radius 3 is 2.18 bits per heavy atom. The van der Waals surface area contributed by atoms with Gasteiger partial charge in [-0.1, -0.05) is 27.7 Å². The molecule has 0 aromatic rings. The van der Waals surface area contributed by atoms with Gasteiger partial charge in [-0.3, -0.25) is 0 Å². The van der Waals surface area contributed by atoms with Crippen LogP contribution >= 0.6 is 7.92 Å². The quantitative estimate of drug-likeness (QED) is 0.530. The summed E-state index contributed by atoms with van der Waals surface area (Å²) in [5.74, 6) is 1.05. The molecule has 0 aliphatic carbocycles. The van der Waals surface area contributed by atoms with Crippen LogP contribution in [0.3, 0.4) is 0 Å². The summed E-state index contributed by atoms with van der Waals surface area (Å²) in [6.07, 6.45) is 2.97. The second-order valence-corrected chi connectivity index (χ2v) is 7.90. The van der Waals surface area contributed by atoms with Crippen molar-refractivity contribution in [3.8, 4) is 0 Å². The molecule has 0 amide bonds. The molecule has 1 fully saturated rings. The van der Waals surface area contributed by atoms with E-state index in [-0.39, 0.29) is 0 Å². The van der Waals surface area contributed by atoms with Crippen LogP contribution in [0.25, 0.3) is 0 Å². The molecule has 1 rings (SSSR count). The van der Waals surface area contributed by atoms with Crippen LogP contribution in [0.1, 0.15) is 34.1 Å². The van der Waals surface area contributed by atoms with Crippen LogP contribution in [-0.4, -0.2) is 18.5 Å². The van der Waals surface area contributed by atoms with E-state index in [1.165, 1.54) is 12.6 Å². The monoisotopic (exact) mass is 172 g/mol. The first kappa shape index (κ1) is 9.52. The third-order valence-corrected chi connectivity index (χ3v) is 5.63. The smallest absolute Gasteiger partial charge is 0.0208 e. The van der Waals surface area contributed by atoms with Crippen molar-refractivity contribution in [3.05, 3.63) is 0 Å². The Morgan fingerprint density at radius 2 is 1.91 bits per heavy atom. The summed E-state index contributed by atoms with van der Waals surface area (Å²) in [6.45, 7) is 12.0. The highest BCUT2D eigenvalue weighted by molar-refractivity contribution is 7.59. The molecule has 1 saturated heterocycles. The van der Waals surface area contributed by atoms with Crippen molar-refractivity contribution in [2.75, 3.05) is 12.8 Å². The van der Waals surface area contributed by atoms with Crippen molar-refractivity contribution in [2.45, 2.75) is 39.8 Å². The first-order valence-electron chi connectivity index (χ1n) is 4.60. The standard InChI is InChI=1S/C10H21P/c1-8-9(7-11(8)5)6-10(2,3)4/h8-9H,6-7H2,1-5H3. The molecule has 0 aromatic carbocycles. The molecular weight excluding hydrogens is 151 g/mol. The van der Waals surface area contributed by atoms with E-state index in [2.05, 4.69) is 34.4 Å². The van der Waals surface area contributed by atoms with Gasteiger partial charge in [-0.15, -0.1) is 7.92 Å². The van der Waals surface area contributed by atoms with Gasteiger partial charge in [0.2, 0.25) is 0 Å². The second kappa shape index (κ2) is 3.05. The largest absolute Gasteiger partial charge is 0.106 e. The van der Waals surface area contributed by atoms with Gasteiger partial charge in [-0.05, 0) is 36.2 Å². The van der Waals surface area contributed by atoms with Crippen LogP contribution < -0.4 is 0 Å². The van der Waals surface area contributed by atoms with Crippen LogP contribution in [-0.2, 0) is 0 Å². The van der Waals surface area contributed by atoms with Crippen molar-refractivity contribution in [2.24, 2.45) is 11.3 Å². The van der Waals surface area contributed by atoms with E-state index < -0.39 is 0 Å². The summed E-state index contributed by atoms with van der Waals surface area (Å²) in [4.78, 5) is 0. The minimum Gasteiger partial charge on any atom is -0.106 e. The van der Waals surface area contributed by atoms with Crippen molar-refractivity contribution >= 4 is 7.92 Å². The van der Waals surface area contributed by atoms with Gasteiger partial charge in [0.05, 0.1) is 0 Å². The Kier molecular flexibility index (Phi) is 2.64. The van der Waals surface area contributed by atoms with Gasteiger partial charge in [0, 0.05) is 0 Å². The fourth-order valence-electron chi connectivity index (χ4n) is 1.93. The summed E-state index contributed by atoms with van der Waals surface area (Å²) >= 11 is 0. The van der Waals surface area contributed by atoms with E-state index in [1.54, 1.807) is 0 Å². The first-order valence-corrected chi connectivity index (χ1v) is 6.65. The van der Waals surface area contributed by atoms with E-state index in [0.717, 1.165) is 11.6 Å². The average molecular weight is 172 g/mol. The molecule has 0 saturated carbocycles. The second-order valence-electron chi connectivity index (χ2n) is 5.21. The van der Waals surface area contributed by atoms with E-state index in [0.29, 0.717) is 13.3 Å². The van der Waals surface area contributed by atoms with Crippen LogP contribution in [0.4, 0.5) is 0 Å². The maximum Gasteiger partial charge on any atom is -0.0208 e. The molecule has 0 spiro atoms. The summed E-state index contributed by atoms with van der Waals surface area (Å²) < 4.78 is 0. The molecule has 11 heavy (non-hydrogen) atoms. The predicted octanol–water partition coefficient (Wildman–Crippen LogP) is 3.55. The topological polar surface area (TPSA) is 0 Å². The highest BCUT2D eigenvalue weighted by Gasteiger charge is 2.35. The lowest BCUT2D eigenvalue weighted by Crippen LogP contribution is -2.33. The molecule has 1 heteroatoms. The molecule has 0 aromatic heterocycles. The maximum atomic E-state index is 2.44. The van der Waals surface area contributed by atoms with Crippen molar-refractivity contribution in [1.82, 2.24) is 0 Å². The van der Waals surface area contributed by atoms with Gasteiger partial charge in [-0.25, -0.2) is 0 Å². The Hall–Kier alpha value is 0.430. The molecule has 0 radical (unpaired) electrons. The van der Waals surface area contributed by atoms with Gasteiger partial charge in [0.1, 0.15) is 0 Å². The number of rotatable bonds is 1. The zero-order valence-corrected chi connectivity index (χ0v) is 9.41. The number of hydrogen-bond acceptors (Lipinski definition) is 0. The first-order chi connectivity index (χ1) is 4.90. The minimum absolute atomic E-state index is 0.429. The zero-order chi connectivity index (χ0) is 8.65. The highest BCUT2D eigenvalue weighted by Crippen LogP contribution is 2.56. The minimum atomic E-state index is 0.429. The van der Waals surface area contributed by atoms with Crippen LogP contribution in [0.5, 0.6) is 0 Å². The summed E-state index contributed by atoms with van der Waals surface area (Å²) in [5, 5.41) is 0. The van der Waals surface area contributed by atoms with E-state index in [9.17, 15) is 0 Å². The van der Waals surface area contributed by atoms with Crippen molar-refractivity contribution in [1.29, 1.82) is 0 Å². The van der Waals surface area contributed by atoms with E-state index >= 15 is 0 Å². The summed E-state index contributed by atoms with van der Waals surface area (Å²) in [6, 6.07) is 0. The highest BCUT2D eigenvalue weighted by atomic mass is 31.1. The van der Waals surface area contributed by atoms with E-state index in [1.807, 2.05) is 0 Å². The van der Waals surface area contributed by atoms with Crippen LogP contribution in [0.15, 0.2) is 0 Å². The zero-order valence-electron chi connectivity index (χ0n) is 8.52. The molecule has 1 aliphatic rings. The Bertz CT molecular complexity index is 134. The Labute approximate surface area is 72.5 Å².